The van der Waals surface area contributed by atoms with Gasteiger partial charge in [-0.05, 0) is 45.9 Å². The van der Waals surface area contributed by atoms with Crippen molar-refractivity contribution < 1.29 is 4.74 Å². The van der Waals surface area contributed by atoms with Crippen LogP contribution in [0.3, 0.4) is 0 Å². The maximum Gasteiger partial charge on any atom is 0.121 e. The van der Waals surface area contributed by atoms with Crippen LogP contribution in [-0.2, 0) is 13.0 Å². The van der Waals surface area contributed by atoms with Crippen molar-refractivity contribution in [1.29, 1.82) is 0 Å². The first-order valence-electron chi connectivity index (χ1n) is 7.01. The van der Waals surface area contributed by atoms with E-state index >= 15 is 0 Å². The number of imidazole rings is 1. The van der Waals surface area contributed by atoms with Gasteiger partial charge >= 0.3 is 0 Å². The summed E-state index contributed by atoms with van der Waals surface area (Å²) in [7, 11) is 0. The van der Waals surface area contributed by atoms with Gasteiger partial charge in [0.2, 0.25) is 0 Å². The number of aryl methyl sites for hydroxylation is 2. The van der Waals surface area contributed by atoms with E-state index in [2.05, 4.69) is 17.6 Å². The van der Waals surface area contributed by atoms with Gasteiger partial charge in [0.15, 0.2) is 0 Å². The number of aromatic nitrogens is 2. The number of hydrogen-bond donors (Lipinski definition) is 1. The Morgan fingerprint density at radius 1 is 1.37 bits per heavy atom. The average Bonchev–Trinajstić information content (AvgIpc) is 2.72. The number of nitrogens with zero attached hydrogens (tertiary/aromatic N) is 2. The van der Waals surface area contributed by atoms with Crippen LogP contribution in [0.15, 0.2) is 18.2 Å². The Morgan fingerprint density at radius 3 is 2.79 bits per heavy atom. The van der Waals surface area contributed by atoms with Crippen LogP contribution >= 0.6 is 0 Å². The molecule has 2 aromatic rings. The summed E-state index contributed by atoms with van der Waals surface area (Å²) in [6.07, 6.45) is 2.08. The van der Waals surface area contributed by atoms with E-state index in [4.69, 9.17) is 15.5 Å². The van der Waals surface area contributed by atoms with Crippen LogP contribution in [0.2, 0.25) is 0 Å². The van der Waals surface area contributed by atoms with Crippen molar-refractivity contribution in [2.24, 2.45) is 5.73 Å². The van der Waals surface area contributed by atoms with Gasteiger partial charge in [-0.3, -0.25) is 0 Å². The van der Waals surface area contributed by atoms with Crippen molar-refractivity contribution in [2.45, 2.75) is 46.3 Å². The normalized spacial score (nSPS) is 11.4. The van der Waals surface area contributed by atoms with Crippen molar-refractivity contribution in [3.63, 3.8) is 0 Å². The van der Waals surface area contributed by atoms with Crippen molar-refractivity contribution >= 4 is 11.0 Å². The number of nitrogens with two attached hydrogens (primary N) is 1. The standard InChI is InChI=1S/C15H23N3O/c1-4-18-14-8-7-12(19-11(2)3)10-13(14)17-15(18)6-5-9-16/h7-8,10-11H,4-6,9,16H2,1-3H3. The van der Waals surface area contributed by atoms with Gasteiger partial charge < -0.3 is 15.0 Å². The lowest BCUT2D eigenvalue weighted by Crippen LogP contribution is -2.06. The second-order valence-electron chi connectivity index (χ2n) is 4.98. The molecule has 0 fully saturated rings. The van der Waals surface area contributed by atoms with E-state index in [-0.39, 0.29) is 6.10 Å². The third-order valence-corrected chi connectivity index (χ3v) is 3.09. The summed E-state index contributed by atoms with van der Waals surface area (Å²) in [5.41, 5.74) is 7.76. The molecule has 1 heterocycles. The molecule has 1 aromatic carbocycles. The molecule has 4 heteroatoms. The van der Waals surface area contributed by atoms with Crippen LogP contribution in [0.25, 0.3) is 11.0 Å². The molecule has 0 spiro atoms. The smallest absolute Gasteiger partial charge is 0.121 e. The van der Waals surface area contributed by atoms with Gasteiger partial charge in [-0.1, -0.05) is 0 Å². The third-order valence-electron chi connectivity index (χ3n) is 3.09. The zero-order valence-corrected chi connectivity index (χ0v) is 12.0. The summed E-state index contributed by atoms with van der Waals surface area (Å²) in [4.78, 5) is 4.72. The molecule has 2 rings (SSSR count). The van der Waals surface area contributed by atoms with Crippen molar-refractivity contribution in [1.82, 2.24) is 9.55 Å². The van der Waals surface area contributed by atoms with Gasteiger partial charge in [0.25, 0.3) is 0 Å². The van der Waals surface area contributed by atoms with Crippen molar-refractivity contribution in [2.75, 3.05) is 6.54 Å². The van der Waals surface area contributed by atoms with Crippen LogP contribution in [0.4, 0.5) is 0 Å². The SMILES string of the molecule is CCn1c(CCCN)nc2cc(OC(C)C)ccc21. The minimum atomic E-state index is 0.183. The Bertz CT molecular complexity index is 546. The molecule has 0 unspecified atom stereocenters. The predicted octanol–water partition coefficient (Wildman–Crippen LogP) is 2.73. The van der Waals surface area contributed by atoms with Gasteiger partial charge in [0, 0.05) is 19.0 Å². The molecule has 1 aromatic heterocycles. The number of fused-ring (bicyclic) bond motifs is 1. The minimum Gasteiger partial charge on any atom is -0.491 e. The quantitative estimate of drug-likeness (QED) is 0.870. The minimum absolute atomic E-state index is 0.183. The summed E-state index contributed by atoms with van der Waals surface area (Å²) in [5, 5.41) is 0. The lowest BCUT2D eigenvalue weighted by molar-refractivity contribution is 0.242. The Hall–Kier alpha value is -1.55. The second-order valence-corrected chi connectivity index (χ2v) is 4.98. The molecule has 0 bridgehead atoms. The third kappa shape index (κ3) is 3.07. The number of rotatable bonds is 6. The molecule has 0 amide bonds. The lowest BCUT2D eigenvalue weighted by atomic mass is 10.3. The zero-order chi connectivity index (χ0) is 13.8. The van der Waals surface area contributed by atoms with E-state index in [9.17, 15) is 0 Å². The molecule has 0 aliphatic carbocycles. The molecule has 0 saturated heterocycles. The van der Waals surface area contributed by atoms with Gasteiger partial charge in [-0.15, -0.1) is 0 Å². The average molecular weight is 261 g/mol. The molecule has 0 radical (unpaired) electrons. The zero-order valence-electron chi connectivity index (χ0n) is 12.0. The number of ether oxygens (including phenoxy) is 1. The first-order chi connectivity index (χ1) is 9.15. The van der Waals surface area contributed by atoms with E-state index in [0.717, 1.165) is 36.5 Å². The Kier molecular flexibility index (Phi) is 4.43. The fraction of sp³-hybridized carbons (Fsp3) is 0.533. The van der Waals surface area contributed by atoms with E-state index in [1.54, 1.807) is 0 Å². The summed E-state index contributed by atoms with van der Waals surface area (Å²) in [5.74, 6) is 2.00. The highest BCUT2D eigenvalue weighted by molar-refractivity contribution is 5.77. The molecule has 0 atom stereocenters. The van der Waals surface area contributed by atoms with E-state index in [1.165, 1.54) is 5.52 Å². The summed E-state index contributed by atoms with van der Waals surface area (Å²) >= 11 is 0. The lowest BCUT2D eigenvalue weighted by Gasteiger charge is -2.09. The first kappa shape index (κ1) is 13.9. The van der Waals surface area contributed by atoms with Gasteiger partial charge in [-0.25, -0.2) is 4.98 Å². The highest BCUT2D eigenvalue weighted by Crippen LogP contribution is 2.23. The van der Waals surface area contributed by atoms with E-state index in [0.29, 0.717) is 6.54 Å². The highest BCUT2D eigenvalue weighted by Gasteiger charge is 2.10. The van der Waals surface area contributed by atoms with Crippen molar-refractivity contribution in [3.05, 3.63) is 24.0 Å². The molecular weight excluding hydrogens is 238 g/mol. The van der Waals surface area contributed by atoms with Gasteiger partial charge in [0.05, 0.1) is 17.1 Å². The first-order valence-corrected chi connectivity index (χ1v) is 7.01. The van der Waals surface area contributed by atoms with Crippen molar-refractivity contribution in [3.8, 4) is 5.75 Å². The Balaban J connectivity index is 2.37. The summed E-state index contributed by atoms with van der Waals surface area (Å²) in [6.45, 7) is 7.84. The Morgan fingerprint density at radius 2 is 2.16 bits per heavy atom. The second kappa shape index (κ2) is 6.06. The number of benzene rings is 1. The summed E-state index contributed by atoms with van der Waals surface area (Å²) in [6, 6.07) is 6.13. The molecule has 0 aliphatic heterocycles. The highest BCUT2D eigenvalue weighted by atomic mass is 16.5. The molecule has 2 N–H and O–H groups in total. The largest absolute Gasteiger partial charge is 0.491 e. The van der Waals surface area contributed by atoms with Gasteiger partial charge in [-0.2, -0.15) is 0 Å². The van der Waals surface area contributed by atoms with E-state index < -0.39 is 0 Å². The fourth-order valence-corrected chi connectivity index (χ4v) is 2.31. The van der Waals surface area contributed by atoms with E-state index in [1.807, 2.05) is 26.0 Å². The molecule has 0 saturated carbocycles. The van der Waals surface area contributed by atoms with Crippen LogP contribution < -0.4 is 10.5 Å². The van der Waals surface area contributed by atoms with Crippen LogP contribution in [0.5, 0.6) is 5.75 Å². The summed E-state index contributed by atoms with van der Waals surface area (Å²) < 4.78 is 7.97. The maximum absolute atomic E-state index is 5.72. The van der Waals surface area contributed by atoms with Crippen LogP contribution in [-0.4, -0.2) is 22.2 Å². The topological polar surface area (TPSA) is 53.1 Å². The Labute approximate surface area is 114 Å². The van der Waals surface area contributed by atoms with Crippen LogP contribution in [0, 0.1) is 0 Å². The maximum atomic E-state index is 5.72. The molecule has 19 heavy (non-hydrogen) atoms. The molecule has 104 valence electrons. The molecule has 0 aliphatic rings. The van der Waals surface area contributed by atoms with Gasteiger partial charge in [0.1, 0.15) is 11.6 Å². The molecule has 4 nitrogen and oxygen atoms in total. The fourth-order valence-electron chi connectivity index (χ4n) is 2.31. The monoisotopic (exact) mass is 261 g/mol. The predicted molar refractivity (Wildman–Crippen MR) is 78.5 cm³/mol. The molecular formula is C15H23N3O. The van der Waals surface area contributed by atoms with Crippen LogP contribution in [0.1, 0.15) is 33.0 Å². The number of hydrogen-bond acceptors (Lipinski definition) is 3.